The maximum atomic E-state index is 11.0. The Bertz CT molecular complexity index is 417. The molecule has 0 bridgehead atoms. The molecule has 0 saturated carbocycles. The van der Waals surface area contributed by atoms with Gasteiger partial charge in [-0.2, -0.15) is 0 Å². The number of ether oxygens (including phenoxy) is 1. The monoisotopic (exact) mass is 262 g/mol. The second-order valence-electron chi connectivity index (χ2n) is 2.99. The third kappa shape index (κ3) is 3.81. The van der Waals surface area contributed by atoms with Gasteiger partial charge in [-0.05, 0) is 35.4 Å². The van der Waals surface area contributed by atoms with E-state index < -0.39 is 11.2 Å². The standard InChI is InChI=1S/C10H8Cl2O4/c1-6(13)16-9-3-7(5-15-12)2-8(4-9)10(11)14/h2-4H,5H2,1H3. The molecule has 0 unspecified atom stereocenters. The molecule has 0 spiro atoms. The van der Waals surface area contributed by atoms with Gasteiger partial charge in [0.1, 0.15) is 5.75 Å². The van der Waals surface area contributed by atoms with Crippen LogP contribution in [-0.2, 0) is 15.7 Å². The van der Waals surface area contributed by atoms with E-state index in [-0.39, 0.29) is 17.9 Å². The maximum Gasteiger partial charge on any atom is 0.308 e. The van der Waals surface area contributed by atoms with Gasteiger partial charge in [0.05, 0.1) is 18.5 Å². The molecular weight excluding hydrogens is 255 g/mol. The van der Waals surface area contributed by atoms with E-state index in [4.69, 9.17) is 28.2 Å². The Morgan fingerprint density at radius 2 is 2.00 bits per heavy atom. The van der Waals surface area contributed by atoms with Crippen LogP contribution < -0.4 is 4.74 Å². The molecule has 0 heterocycles. The number of carbonyl (C=O) groups is 2. The smallest absolute Gasteiger partial charge is 0.308 e. The maximum absolute atomic E-state index is 11.0. The minimum atomic E-state index is -0.648. The second kappa shape index (κ2) is 5.84. The molecule has 6 heteroatoms. The Balaban J connectivity index is 3.07. The molecule has 0 radical (unpaired) electrons. The summed E-state index contributed by atoms with van der Waals surface area (Å²) >= 11 is 10.4. The van der Waals surface area contributed by atoms with Gasteiger partial charge in [-0.25, -0.2) is 0 Å². The number of hydrogen-bond acceptors (Lipinski definition) is 4. The summed E-state index contributed by atoms with van der Waals surface area (Å²) in [4.78, 5) is 21.8. The van der Waals surface area contributed by atoms with E-state index in [1.165, 1.54) is 25.1 Å². The van der Waals surface area contributed by atoms with Crippen molar-refractivity contribution in [3.8, 4) is 5.75 Å². The molecule has 0 aromatic heterocycles. The molecule has 1 rings (SSSR count). The van der Waals surface area contributed by atoms with Crippen molar-refractivity contribution in [3.63, 3.8) is 0 Å². The summed E-state index contributed by atoms with van der Waals surface area (Å²) < 4.78 is 9.24. The van der Waals surface area contributed by atoms with E-state index in [0.29, 0.717) is 5.56 Å². The zero-order valence-corrected chi connectivity index (χ0v) is 9.84. The molecule has 0 N–H and O–H groups in total. The summed E-state index contributed by atoms with van der Waals surface area (Å²) in [6.45, 7) is 1.33. The van der Waals surface area contributed by atoms with Crippen LogP contribution in [0, 0.1) is 0 Å². The van der Waals surface area contributed by atoms with Crippen molar-refractivity contribution < 1.29 is 18.6 Å². The molecule has 4 nitrogen and oxygen atoms in total. The highest BCUT2D eigenvalue weighted by Gasteiger charge is 2.08. The average molecular weight is 263 g/mol. The minimum absolute atomic E-state index is 0.0772. The van der Waals surface area contributed by atoms with Crippen LogP contribution in [0.3, 0.4) is 0 Å². The van der Waals surface area contributed by atoms with Crippen molar-refractivity contribution in [1.82, 2.24) is 0 Å². The lowest BCUT2D eigenvalue weighted by molar-refractivity contribution is -0.131. The lowest BCUT2D eigenvalue weighted by atomic mass is 10.1. The van der Waals surface area contributed by atoms with Crippen LogP contribution in [0.2, 0.25) is 0 Å². The summed E-state index contributed by atoms with van der Waals surface area (Å²) in [5.41, 5.74) is 0.793. The molecule has 0 aliphatic rings. The van der Waals surface area contributed by atoms with E-state index >= 15 is 0 Å². The molecule has 16 heavy (non-hydrogen) atoms. The van der Waals surface area contributed by atoms with Crippen LogP contribution in [0.25, 0.3) is 0 Å². The molecule has 1 aromatic rings. The molecular formula is C10H8Cl2O4. The second-order valence-corrected chi connectivity index (χ2v) is 3.55. The van der Waals surface area contributed by atoms with E-state index in [2.05, 4.69) is 4.29 Å². The molecule has 0 aliphatic carbocycles. The summed E-state index contributed by atoms with van der Waals surface area (Å²) in [6.07, 6.45) is 0. The highest BCUT2D eigenvalue weighted by atomic mass is 35.5. The minimum Gasteiger partial charge on any atom is -0.427 e. The fraction of sp³-hybridized carbons (Fsp3) is 0.200. The van der Waals surface area contributed by atoms with Crippen molar-refractivity contribution in [3.05, 3.63) is 29.3 Å². The van der Waals surface area contributed by atoms with Crippen molar-refractivity contribution in [2.24, 2.45) is 0 Å². The summed E-state index contributed by atoms with van der Waals surface area (Å²) in [5.74, 6) is -0.264. The highest BCUT2D eigenvalue weighted by Crippen LogP contribution is 2.20. The zero-order valence-electron chi connectivity index (χ0n) is 8.33. The molecule has 0 fully saturated rings. The predicted molar refractivity (Wildman–Crippen MR) is 58.6 cm³/mol. The van der Waals surface area contributed by atoms with E-state index in [0.717, 1.165) is 0 Å². The fourth-order valence-electron chi connectivity index (χ4n) is 1.15. The Labute approximate surface area is 102 Å². The number of carbonyl (C=O) groups excluding carboxylic acids is 2. The van der Waals surface area contributed by atoms with Crippen LogP contribution in [0.15, 0.2) is 18.2 Å². The topological polar surface area (TPSA) is 52.6 Å². The first-order valence-electron chi connectivity index (χ1n) is 4.28. The van der Waals surface area contributed by atoms with Gasteiger partial charge < -0.3 is 4.74 Å². The molecule has 86 valence electrons. The fourth-order valence-corrected chi connectivity index (χ4v) is 1.38. The molecule has 0 amide bonds. The van der Waals surface area contributed by atoms with Gasteiger partial charge in [-0.15, -0.1) is 0 Å². The van der Waals surface area contributed by atoms with Crippen molar-refractivity contribution in [2.45, 2.75) is 13.5 Å². The van der Waals surface area contributed by atoms with Gasteiger partial charge in [0, 0.05) is 12.5 Å². The number of esters is 1. The first kappa shape index (κ1) is 13.0. The predicted octanol–water partition coefficient (Wildman–Crippen LogP) is 2.66. The van der Waals surface area contributed by atoms with Gasteiger partial charge in [0.2, 0.25) is 0 Å². The van der Waals surface area contributed by atoms with Crippen molar-refractivity contribution >= 4 is 34.7 Å². The largest absolute Gasteiger partial charge is 0.427 e. The van der Waals surface area contributed by atoms with E-state index in [1.807, 2.05) is 0 Å². The van der Waals surface area contributed by atoms with Gasteiger partial charge >= 0.3 is 5.97 Å². The average Bonchev–Trinajstić information content (AvgIpc) is 2.16. The molecule has 0 atom stereocenters. The van der Waals surface area contributed by atoms with Crippen LogP contribution in [-0.4, -0.2) is 11.2 Å². The van der Waals surface area contributed by atoms with Crippen LogP contribution in [0.4, 0.5) is 0 Å². The molecule has 0 aliphatic heterocycles. The normalized spacial score (nSPS) is 9.94. The SMILES string of the molecule is CC(=O)Oc1cc(COCl)cc(C(=O)Cl)c1. The highest BCUT2D eigenvalue weighted by molar-refractivity contribution is 6.67. The Morgan fingerprint density at radius 3 is 2.50 bits per heavy atom. The third-order valence-corrected chi connectivity index (χ3v) is 2.00. The number of rotatable bonds is 4. The van der Waals surface area contributed by atoms with Gasteiger partial charge in [0.15, 0.2) is 0 Å². The number of hydrogen-bond donors (Lipinski definition) is 0. The first-order valence-corrected chi connectivity index (χ1v) is 4.97. The van der Waals surface area contributed by atoms with Gasteiger partial charge in [-0.1, -0.05) is 0 Å². The Kier molecular flexibility index (Phi) is 4.73. The Hall–Kier alpha value is -1.10. The number of benzene rings is 1. The Morgan fingerprint density at radius 1 is 1.31 bits per heavy atom. The summed E-state index contributed by atoms with van der Waals surface area (Å²) in [6, 6.07) is 4.41. The van der Waals surface area contributed by atoms with E-state index in [9.17, 15) is 9.59 Å². The van der Waals surface area contributed by atoms with Crippen molar-refractivity contribution in [2.75, 3.05) is 0 Å². The number of halogens is 2. The van der Waals surface area contributed by atoms with Crippen LogP contribution in [0.1, 0.15) is 22.8 Å². The lowest BCUT2D eigenvalue weighted by Gasteiger charge is -2.06. The summed E-state index contributed by atoms with van der Waals surface area (Å²) in [7, 11) is 0. The quantitative estimate of drug-likeness (QED) is 0.476. The molecule has 1 aromatic carbocycles. The van der Waals surface area contributed by atoms with Crippen molar-refractivity contribution in [1.29, 1.82) is 0 Å². The van der Waals surface area contributed by atoms with Gasteiger partial charge in [-0.3, -0.25) is 13.9 Å². The first-order chi connectivity index (χ1) is 7.52. The van der Waals surface area contributed by atoms with Crippen LogP contribution in [0.5, 0.6) is 5.75 Å². The van der Waals surface area contributed by atoms with Gasteiger partial charge in [0.25, 0.3) is 5.24 Å². The summed E-state index contributed by atoms with van der Waals surface area (Å²) in [5, 5.41) is -0.648. The zero-order chi connectivity index (χ0) is 12.1. The van der Waals surface area contributed by atoms with E-state index in [1.54, 1.807) is 0 Å². The lowest BCUT2D eigenvalue weighted by Crippen LogP contribution is -2.03. The molecule has 0 saturated heterocycles. The third-order valence-electron chi connectivity index (χ3n) is 1.68. The van der Waals surface area contributed by atoms with Crippen LogP contribution >= 0.6 is 23.5 Å².